The van der Waals surface area contributed by atoms with Crippen molar-refractivity contribution in [2.45, 2.75) is 31.1 Å². The molecule has 1 saturated heterocycles. The zero-order valence-corrected chi connectivity index (χ0v) is 14.4. The Morgan fingerprint density at radius 1 is 1.50 bits per heavy atom. The molecule has 5 nitrogen and oxygen atoms in total. The summed E-state index contributed by atoms with van der Waals surface area (Å²) < 4.78 is 0.867. The van der Waals surface area contributed by atoms with E-state index in [1.165, 1.54) is 11.8 Å². The first-order valence-electron chi connectivity index (χ1n) is 6.80. The molecule has 1 heterocycles. The molecular weight excluding hydrogens is 370 g/mol. The van der Waals surface area contributed by atoms with Gasteiger partial charge in [-0.2, -0.15) is 0 Å². The van der Waals surface area contributed by atoms with Crippen LogP contribution in [-0.2, 0) is 20.8 Å². The van der Waals surface area contributed by atoms with E-state index in [0.717, 1.165) is 21.8 Å². The zero-order chi connectivity index (χ0) is 16.3. The van der Waals surface area contributed by atoms with Crippen molar-refractivity contribution in [3.63, 3.8) is 0 Å². The van der Waals surface area contributed by atoms with Crippen molar-refractivity contribution < 1.29 is 19.5 Å². The monoisotopic (exact) mass is 385 g/mol. The average molecular weight is 386 g/mol. The molecule has 0 radical (unpaired) electrons. The number of carboxylic acid groups (broad SMARTS) is 1. The van der Waals surface area contributed by atoms with Crippen LogP contribution in [0.4, 0.5) is 0 Å². The predicted octanol–water partition coefficient (Wildman–Crippen LogP) is 2.33. The lowest BCUT2D eigenvalue weighted by Crippen LogP contribution is -2.43. The molecule has 1 aromatic rings. The average Bonchev–Trinajstić information content (AvgIpc) is 2.75. The first kappa shape index (κ1) is 17.0. The molecule has 1 amide bonds. The standard InChI is InChI=1S/C15H16BrNO4S/c1-9(18)22-12-7-14(19)17(8-12)13(15(20)21)6-10-3-2-4-11(16)5-10/h2-5,12-13H,6-8H2,1H3,(H,20,21)/t12?,13-/m0/s1. The third-order valence-corrected chi connectivity index (χ3v) is 4.91. The maximum Gasteiger partial charge on any atom is 0.326 e. The number of benzene rings is 1. The summed E-state index contributed by atoms with van der Waals surface area (Å²) in [4.78, 5) is 36.2. The molecule has 118 valence electrons. The Balaban J connectivity index is 2.13. The summed E-state index contributed by atoms with van der Waals surface area (Å²) in [6.07, 6.45) is 0.463. The van der Waals surface area contributed by atoms with E-state index in [4.69, 9.17) is 0 Å². The highest BCUT2D eigenvalue weighted by Gasteiger charge is 2.38. The highest BCUT2D eigenvalue weighted by atomic mass is 79.9. The van der Waals surface area contributed by atoms with E-state index in [9.17, 15) is 19.5 Å². The van der Waals surface area contributed by atoms with Crippen LogP contribution in [0.5, 0.6) is 0 Å². The number of carbonyl (C=O) groups is 3. The molecule has 1 N–H and O–H groups in total. The number of nitrogens with zero attached hydrogens (tertiary/aromatic N) is 1. The van der Waals surface area contributed by atoms with Gasteiger partial charge in [0.15, 0.2) is 5.12 Å². The zero-order valence-electron chi connectivity index (χ0n) is 12.0. The van der Waals surface area contributed by atoms with Crippen LogP contribution in [0.1, 0.15) is 18.9 Å². The van der Waals surface area contributed by atoms with E-state index >= 15 is 0 Å². The summed E-state index contributed by atoms with van der Waals surface area (Å²) in [5.41, 5.74) is 0.845. The van der Waals surface area contributed by atoms with Crippen LogP contribution in [0.3, 0.4) is 0 Å². The maximum absolute atomic E-state index is 12.1. The number of hydrogen-bond donors (Lipinski definition) is 1. The molecule has 0 aromatic heterocycles. The SMILES string of the molecule is CC(=O)SC1CC(=O)N([C@@H](Cc2cccc(Br)c2)C(=O)O)C1. The van der Waals surface area contributed by atoms with E-state index in [-0.39, 0.29) is 29.1 Å². The number of hydrogen-bond acceptors (Lipinski definition) is 4. The number of thioether (sulfide) groups is 1. The Bertz CT molecular complexity index is 607. The minimum absolute atomic E-state index is 0.0569. The summed E-state index contributed by atoms with van der Waals surface area (Å²) in [6.45, 7) is 1.75. The molecule has 1 aliphatic rings. The van der Waals surface area contributed by atoms with Gasteiger partial charge in [-0.3, -0.25) is 9.59 Å². The van der Waals surface area contributed by atoms with Gasteiger partial charge in [-0.05, 0) is 17.7 Å². The number of aliphatic carboxylic acids is 1. The Hall–Kier alpha value is -1.34. The van der Waals surface area contributed by atoms with Crippen molar-refractivity contribution in [2.75, 3.05) is 6.54 Å². The Kier molecular flexibility index (Phi) is 5.63. The Morgan fingerprint density at radius 2 is 2.23 bits per heavy atom. The fraction of sp³-hybridized carbons (Fsp3) is 0.400. The third-order valence-electron chi connectivity index (χ3n) is 3.43. The quantitative estimate of drug-likeness (QED) is 0.841. The molecule has 0 spiro atoms. The van der Waals surface area contributed by atoms with Crippen LogP contribution in [0.2, 0.25) is 0 Å². The molecule has 0 saturated carbocycles. The van der Waals surface area contributed by atoms with Gasteiger partial charge in [-0.25, -0.2) is 4.79 Å². The fourth-order valence-electron chi connectivity index (χ4n) is 2.53. The predicted molar refractivity (Wildman–Crippen MR) is 87.7 cm³/mol. The van der Waals surface area contributed by atoms with E-state index in [2.05, 4.69) is 15.9 Å². The topological polar surface area (TPSA) is 74.7 Å². The van der Waals surface area contributed by atoms with Gasteiger partial charge in [-0.1, -0.05) is 39.8 Å². The summed E-state index contributed by atoms with van der Waals surface area (Å²) >= 11 is 4.46. The third kappa shape index (κ3) is 4.33. The van der Waals surface area contributed by atoms with Gasteiger partial charge in [0.25, 0.3) is 0 Å². The van der Waals surface area contributed by atoms with Gasteiger partial charge in [0.05, 0.1) is 0 Å². The molecular formula is C15H16BrNO4S. The number of carbonyl (C=O) groups excluding carboxylic acids is 2. The van der Waals surface area contributed by atoms with E-state index in [1.54, 1.807) is 0 Å². The number of likely N-dealkylation sites (tertiary alicyclic amines) is 1. The van der Waals surface area contributed by atoms with Crippen LogP contribution in [0, 0.1) is 0 Å². The molecule has 1 unspecified atom stereocenters. The van der Waals surface area contributed by atoms with Crippen LogP contribution < -0.4 is 0 Å². The Labute approximate surface area is 141 Å². The normalized spacial score (nSPS) is 19.3. The van der Waals surface area contributed by atoms with Gasteiger partial charge in [0.2, 0.25) is 5.91 Å². The maximum atomic E-state index is 12.1. The van der Waals surface area contributed by atoms with Gasteiger partial charge in [0.1, 0.15) is 6.04 Å². The molecule has 1 fully saturated rings. The van der Waals surface area contributed by atoms with Crippen LogP contribution in [0.15, 0.2) is 28.7 Å². The Morgan fingerprint density at radius 3 is 2.82 bits per heavy atom. The lowest BCUT2D eigenvalue weighted by molar-refractivity contribution is -0.148. The van der Waals surface area contributed by atoms with Crippen molar-refractivity contribution in [3.8, 4) is 0 Å². The molecule has 1 aromatic carbocycles. The van der Waals surface area contributed by atoms with Gasteiger partial charge in [-0.15, -0.1) is 0 Å². The van der Waals surface area contributed by atoms with Crippen molar-refractivity contribution in [1.82, 2.24) is 4.90 Å². The second-order valence-corrected chi connectivity index (χ2v) is 7.56. The van der Waals surface area contributed by atoms with Crippen LogP contribution in [-0.4, -0.2) is 44.8 Å². The number of amides is 1. The first-order valence-corrected chi connectivity index (χ1v) is 8.48. The molecule has 7 heteroatoms. The summed E-state index contributed by atoms with van der Waals surface area (Å²) in [5, 5.41) is 9.26. The highest BCUT2D eigenvalue weighted by Crippen LogP contribution is 2.27. The number of halogens is 1. The number of rotatable bonds is 5. The van der Waals surface area contributed by atoms with E-state index < -0.39 is 12.0 Å². The van der Waals surface area contributed by atoms with Crippen molar-refractivity contribution >= 4 is 44.7 Å². The number of carboxylic acids is 1. The molecule has 0 bridgehead atoms. The first-order chi connectivity index (χ1) is 10.4. The largest absolute Gasteiger partial charge is 0.480 e. The van der Waals surface area contributed by atoms with E-state index in [1.807, 2.05) is 24.3 Å². The van der Waals surface area contributed by atoms with Crippen molar-refractivity contribution in [3.05, 3.63) is 34.3 Å². The highest BCUT2D eigenvalue weighted by molar-refractivity contribution is 9.10. The van der Waals surface area contributed by atoms with Gasteiger partial charge in [0, 0.05) is 36.0 Å². The van der Waals surface area contributed by atoms with Crippen LogP contribution in [0.25, 0.3) is 0 Å². The van der Waals surface area contributed by atoms with Crippen molar-refractivity contribution in [2.24, 2.45) is 0 Å². The van der Waals surface area contributed by atoms with Gasteiger partial charge < -0.3 is 10.0 Å². The second kappa shape index (κ2) is 7.28. The van der Waals surface area contributed by atoms with E-state index in [0.29, 0.717) is 6.54 Å². The minimum Gasteiger partial charge on any atom is -0.480 e. The molecule has 2 atom stereocenters. The minimum atomic E-state index is -1.03. The summed E-state index contributed by atoms with van der Waals surface area (Å²) in [5.74, 6) is -1.23. The van der Waals surface area contributed by atoms with Gasteiger partial charge >= 0.3 is 5.97 Å². The molecule has 1 aliphatic heterocycles. The summed E-state index contributed by atoms with van der Waals surface area (Å²) in [7, 11) is 0. The lowest BCUT2D eigenvalue weighted by atomic mass is 10.1. The molecule has 2 rings (SSSR count). The molecule has 0 aliphatic carbocycles. The smallest absolute Gasteiger partial charge is 0.326 e. The summed E-state index contributed by atoms with van der Waals surface area (Å²) in [6, 6.07) is 6.47. The molecule has 22 heavy (non-hydrogen) atoms. The lowest BCUT2D eigenvalue weighted by Gasteiger charge is -2.24. The van der Waals surface area contributed by atoms with Crippen LogP contribution >= 0.6 is 27.7 Å². The van der Waals surface area contributed by atoms with Crippen molar-refractivity contribution in [1.29, 1.82) is 0 Å². The fourth-order valence-corrected chi connectivity index (χ4v) is 3.91. The second-order valence-electron chi connectivity index (χ2n) is 5.17.